The van der Waals surface area contributed by atoms with Crippen LogP contribution in [0.15, 0.2) is 24.5 Å². The Bertz CT molecular complexity index is 339. The van der Waals surface area contributed by atoms with E-state index in [9.17, 15) is 0 Å². The number of hydrogen-bond donors (Lipinski definition) is 1. The molecule has 1 aromatic heterocycles. The van der Waals surface area contributed by atoms with Gasteiger partial charge in [-0.2, -0.15) is 0 Å². The van der Waals surface area contributed by atoms with Crippen molar-refractivity contribution in [2.45, 2.75) is 58.5 Å². The van der Waals surface area contributed by atoms with Crippen LogP contribution in [0.1, 0.15) is 58.1 Å². The molecule has 1 atom stereocenters. The van der Waals surface area contributed by atoms with Crippen molar-refractivity contribution < 1.29 is 0 Å². The van der Waals surface area contributed by atoms with E-state index in [1.54, 1.807) is 0 Å². The standard InChI is InChI=1S/C16H26N2/c1-12(2)14-6-8-16(9-7-14)18-13(3)15-5-4-10-17-11-15/h4-5,10-14,16,18H,6-9H2,1-3H3. The summed E-state index contributed by atoms with van der Waals surface area (Å²) in [6, 6.07) is 5.28. The summed E-state index contributed by atoms with van der Waals surface area (Å²) in [4.78, 5) is 4.19. The molecular weight excluding hydrogens is 220 g/mol. The lowest BCUT2D eigenvalue weighted by atomic mass is 9.79. The Hall–Kier alpha value is -0.890. The van der Waals surface area contributed by atoms with E-state index in [1.165, 1.54) is 31.2 Å². The van der Waals surface area contributed by atoms with Gasteiger partial charge in [-0.15, -0.1) is 0 Å². The van der Waals surface area contributed by atoms with Crippen molar-refractivity contribution in [3.63, 3.8) is 0 Å². The highest BCUT2D eigenvalue weighted by Crippen LogP contribution is 2.30. The zero-order valence-corrected chi connectivity index (χ0v) is 11.9. The lowest BCUT2D eigenvalue weighted by Crippen LogP contribution is -2.35. The highest BCUT2D eigenvalue weighted by atomic mass is 14.9. The van der Waals surface area contributed by atoms with Crippen LogP contribution in [0, 0.1) is 11.8 Å². The van der Waals surface area contributed by atoms with Gasteiger partial charge in [-0.25, -0.2) is 0 Å². The number of rotatable bonds is 4. The largest absolute Gasteiger partial charge is 0.307 e. The molecule has 1 heterocycles. The minimum Gasteiger partial charge on any atom is -0.307 e. The molecule has 1 unspecified atom stereocenters. The number of nitrogens with one attached hydrogen (secondary N) is 1. The summed E-state index contributed by atoms with van der Waals surface area (Å²) in [5.41, 5.74) is 1.29. The van der Waals surface area contributed by atoms with Crippen LogP contribution in [0.3, 0.4) is 0 Å². The van der Waals surface area contributed by atoms with Crippen molar-refractivity contribution in [3.05, 3.63) is 30.1 Å². The summed E-state index contributed by atoms with van der Waals surface area (Å²) in [5.74, 6) is 1.79. The molecule has 0 radical (unpaired) electrons. The fourth-order valence-corrected chi connectivity index (χ4v) is 3.03. The molecule has 0 aliphatic heterocycles. The predicted octanol–water partition coefficient (Wildman–Crippen LogP) is 3.95. The Morgan fingerprint density at radius 2 is 1.89 bits per heavy atom. The maximum absolute atomic E-state index is 4.19. The van der Waals surface area contributed by atoms with Gasteiger partial charge in [0.15, 0.2) is 0 Å². The Kier molecular flexibility index (Phi) is 4.76. The van der Waals surface area contributed by atoms with Gasteiger partial charge < -0.3 is 5.32 Å². The van der Waals surface area contributed by atoms with Gasteiger partial charge in [-0.1, -0.05) is 19.9 Å². The minimum atomic E-state index is 0.416. The van der Waals surface area contributed by atoms with Gasteiger partial charge in [0, 0.05) is 24.5 Å². The first kappa shape index (κ1) is 13.5. The Labute approximate surface area is 111 Å². The molecule has 1 aromatic rings. The van der Waals surface area contributed by atoms with E-state index in [0.29, 0.717) is 12.1 Å². The number of aromatic nitrogens is 1. The molecule has 1 saturated carbocycles. The quantitative estimate of drug-likeness (QED) is 0.870. The lowest BCUT2D eigenvalue weighted by molar-refractivity contribution is 0.231. The summed E-state index contributed by atoms with van der Waals surface area (Å²) in [7, 11) is 0. The molecule has 1 fully saturated rings. The van der Waals surface area contributed by atoms with Gasteiger partial charge in [0.2, 0.25) is 0 Å². The molecule has 2 nitrogen and oxygen atoms in total. The third kappa shape index (κ3) is 3.55. The molecule has 2 heteroatoms. The molecule has 100 valence electrons. The lowest BCUT2D eigenvalue weighted by Gasteiger charge is -2.33. The zero-order chi connectivity index (χ0) is 13.0. The van der Waals surface area contributed by atoms with Crippen molar-refractivity contribution >= 4 is 0 Å². The molecule has 0 bridgehead atoms. The van der Waals surface area contributed by atoms with Crippen LogP contribution in [-0.2, 0) is 0 Å². The van der Waals surface area contributed by atoms with Gasteiger partial charge in [0.25, 0.3) is 0 Å². The third-order valence-corrected chi connectivity index (χ3v) is 4.38. The van der Waals surface area contributed by atoms with Crippen LogP contribution in [0.4, 0.5) is 0 Å². The SMILES string of the molecule is CC(NC1CCC(C(C)C)CC1)c1cccnc1. The maximum Gasteiger partial charge on any atom is 0.0315 e. The second-order valence-electron chi connectivity index (χ2n) is 6.03. The van der Waals surface area contributed by atoms with Crippen LogP contribution < -0.4 is 5.32 Å². The Balaban J connectivity index is 1.81. The van der Waals surface area contributed by atoms with Gasteiger partial charge in [-0.3, -0.25) is 4.98 Å². The van der Waals surface area contributed by atoms with E-state index < -0.39 is 0 Å². The average molecular weight is 246 g/mol. The minimum absolute atomic E-state index is 0.416. The fraction of sp³-hybridized carbons (Fsp3) is 0.688. The predicted molar refractivity (Wildman–Crippen MR) is 76.4 cm³/mol. The van der Waals surface area contributed by atoms with Crippen molar-refractivity contribution in [2.24, 2.45) is 11.8 Å². The van der Waals surface area contributed by atoms with Gasteiger partial charge in [0.05, 0.1) is 0 Å². The van der Waals surface area contributed by atoms with Crippen LogP contribution in [-0.4, -0.2) is 11.0 Å². The van der Waals surface area contributed by atoms with E-state index in [4.69, 9.17) is 0 Å². The van der Waals surface area contributed by atoms with Gasteiger partial charge in [-0.05, 0) is 56.1 Å². The van der Waals surface area contributed by atoms with Gasteiger partial charge >= 0.3 is 0 Å². The van der Waals surface area contributed by atoms with Crippen molar-refractivity contribution in [1.29, 1.82) is 0 Å². The Morgan fingerprint density at radius 1 is 1.17 bits per heavy atom. The van der Waals surface area contributed by atoms with Crippen LogP contribution in [0.5, 0.6) is 0 Å². The molecule has 1 N–H and O–H groups in total. The number of hydrogen-bond acceptors (Lipinski definition) is 2. The highest BCUT2D eigenvalue weighted by molar-refractivity contribution is 5.13. The van der Waals surface area contributed by atoms with Crippen molar-refractivity contribution in [3.8, 4) is 0 Å². The monoisotopic (exact) mass is 246 g/mol. The molecule has 0 spiro atoms. The maximum atomic E-state index is 4.19. The average Bonchev–Trinajstić information content (AvgIpc) is 2.40. The summed E-state index contributed by atoms with van der Waals surface area (Å²) in [5, 5.41) is 3.75. The first-order chi connectivity index (χ1) is 8.66. The molecule has 1 aliphatic carbocycles. The van der Waals surface area contributed by atoms with E-state index in [2.05, 4.69) is 37.1 Å². The van der Waals surface area contributed by atoms with Crippen molar-refractivity contribution in [1.82, 2.24) is 10.3 Å². The molecule has 0 amide bonds. The van der Waals surface area contributed by atoms with Crippen LogP contribution in [0.25, 0.3) is 0 Å². The second-order valence-corrected chi connectivity index (χ2v) is 6.03. The van der Waals surface area contributed by atoms with Crippen LogP contribution in [0.2, 0.25) is 0 Å². The molecule has 2 rings (SSSR count). The normalized spacial score (nSPS) is 26.2. The molecule has 0 saturated heterocycles. The van der Waals surface area contributed by atoms with Crippen molar-refractivity contribution in [2.75, 3.05) is 0 Å². The van der Waals surface area contributed by atoms with E-state index in [1.807, 2.05) is 18.5 Å². The fourth-order valence-electron chi connectivity index (χ4n) is 3.03. The first-order valence-corrected chi connectivity index (χ1v) is 7.32. The molecular formula is C16H26N2. The van der Waals surface area contributed by atoms with E-state index in [-0.39, 0.29) is 0 Å². The Morgan fingerprint density at radius 3 is 2.44 bits per heavy atom. The number of nitrogens with zero attached hydrogens (tertiary/aromatic N) is 1. The second kappa shape index (κ2) is 6.33. The summed E-state index contributed by atoms with van der Waals surface area (Å²) < 4.78 is 0. The van der Waals surface area contributed by atoms with Gasteiger partial charge in [0.1, 0.15) is 0 Å². The third-order valence-electron chi connectivity index (χ3n) is 4.38. The van der Waals surface area contributed by atoms with E-state index >= 15 is 0 Å². The highest BCUT2D eigenvalue weighted by Gasteiger charge is 2.24. The zero-order valence-electron chi connectivity index (χ0n) is 11.9. The summed E-state index contributed by atoms with van der Waals surface area (Å²) in [6.07, 6.45) is 9.23. The summed E-state index contributed by atoms with van der Waals surface area (Å²) >= 11 is 0. The first-order valence-electron chi connectivity index (χ1n) is 7.32. The van der Waals surface area contributed by atoms with E-state index in [0.717, 1.165) is 11.8 Å². The number of pyridine rings is 1. The molecule has 1 aliphatic rings. The topological polar surface area (TPSA) is 24.9 Å². The van der Waals surface area contributed by atoms with Crippen LogP contribution >= 0.6 is 0 Å². The molecule has 0 aromatic carbocycles. The smallest absolute Gasteiger partial charge is 0.0315 e. The summed E-state index contributed by atoms with van der Waals surface area (Å²) in [6.45, 7) is 6.96. The molecule has 18 heavy (non-hydrogen) atoms.